The average molecular weight is 186 g/mol. The molecule has 0 aliphatic rings. The van der Waals surface area contributed by atoms with Gasteiger partial charge in [-0.05, 0) is 12.3 Å². The van der Waals surface area contributed by atoms with Gasteiger partial charge in [0.2, 0.25) is 0 Å². The van der Waals surface area contributed by atoms with Crippen molar-refractivity contribution in [2.45, 2.75) is 46.5 Å². The molecule has 1 unspecified atom stereocenters. The Hall–Kier alpha value is -0.370. The van der Waals surface area contributed by atoms with Crippen LogP contribution in [0.2, 0.25) is 0 Å². The van der Waals surface area contributed by atoms with E-state index in [0.29, 0.717) is 31.1 Å². The van der Waals surface area contributed by atoms with Gasteiger partial charge in [0, 0.05) is 19.4 Å². The molecule has 1 atom stereocenters. The number of hydrogen-bond donors (Lipinski definition) is 0. The summed E-state index contributed by atoms with van der Waals surface area (Å²) >= 11 is 0. The third kappa shape index (κ3) is 7.97. The minimum atomic E-state index is 0.338. The van der Waals surface area contributed by atoms with Crippen molar-refractivity contribution in [2.75, 3.05) is 13.2 Å². The van der Waals surface area contributed by atoms with E-state index in [2.05, 4.69) is 20.8 Å². The van der Waals surface area contributed by atoms with Crippen LogP contribution in [0.5, 0.6) is 0 Å². The summed E-state index contributed by atoms with van der Waals surface area (Å²) in [5, 5.41) is 0. The van der Waals surface area contributed by atoms with Gasteiger partial charge in [0.1, 0.15) is 5.78 Å². The van der Waals surface area contributed by atoms with Gasteiger partial charge in [-0.3, -0.25) is 4.79 Å². The second-order valence-electron chi connectivity index (χ2n) is 3.62. The van der Waals surface area contributed by atoms with Crippen molar-refractivity contribution in [3.05, 3.63) is 0 Å². The normalized spacial score (nSPS) is 12.8. The van der Waals surface area contributed by atoms with Gasteiger partial charge >= 0.3 is 0 Å². The Balaban J connectivity index is 3.30. The van der Waals surface area contributed by atoms with E-state index in [1.807, 2.05) is 0 Å². The molecule has 0 aromatic rings. The van der Waals surface area contributed by atoms with Crippen LogP contribution in [0.1, 0.15) is 46.5 Å². The fourth-order valence-electron chi connectivity index (χ4n) is 1.07. The molecule has 2 heteroatoms. The summed E-state index contributed by atoms with van der Waals surface area (Å²) in [6.45, 7) is 7.68. The van der Waals surface area contributed by atoms with Gasteiger partial charge in [0.15, 0.2) is 0 Å². The lowest BCUT2D eigenvalue weighted by Crippen LogP contribution is -2.08. The predicted octanol–water partition coefficient (Wildman–Crippen LogP) is 2.81. The second kappa shape index (κ2) is 8.24. The van der Waals surface area contributed by atoms with E-state index in [1.54, 1.807) is 0 Å². The molecule has 0 radical (unpaired) electrons. The zero-order chi connectivity index (χ0) is 10.1. The highest BCUT2D eigenvalue weighted by molar-refractivity contribution is 5.78. The Bertz CT molecular complexity index is 132. The minimum absolute atomic E-state index is 0.338. The number of carbonyl (C=O) groups excluding carboxylic acids is 1. The molecule has 13 heavy (non-hydrogen) atoms. The van der Waals surface area contributed by atoms with Crippen LogP contribution in [-0.2, 0) is 9.53 Å². The summed E-state index contributed by atoms with van der Waals surface area (Å²) in [6.07, 6.45) is 3.41. The molecule has 0 N–H and O–H groups in total. The van der Waals surface area contributed by atoms with Crippen LogP contribution in [0.15, 0.2) is 0 Å². The Morgan fingerprint density at radius 2 is 2.00 bits per heavy atom. The van der Waals surface area contributed by atoms with Crippen LogP contribution in [0.3, 0.4) is 0 Å². The standard InChI is InChI=1S/C11H22O2/c1-4-7-13-8-6-11(12)9-10(3)5-2/h10H,4-9H2,1-3H3. The first kappa shape index (κ1) is 12.6. The molecule has 0 aromatic heterocycles. The van der Waals surface area contributed by atoms with Crippen LogP contribution in [0.4, 0.5) is 0 Å². The van der Waals surface area contributed by atoms with E-state index in [1.165, 1.54) is 0 Å². The fraction of sp³-hybridized carbons (Fsp3) is 0.909. The van der Waals surface area contributed by atoms with Crippen molar-refractivity contribution in [3.8, 4) is 0 Å². The monoisotopic (exact) mass is 186 g/mol. The van der Waals surface area contributed by atoms with E-state index in [-0.39, 0.29) is 0 Å². The van der Waals surface area contributed by atoms with Crippen molar-refractivity contribution >= 4 is 5.78 Å². The van der Waals surface area contributed by atoms with Gasteiger partial charge in [0.05, 0.1) is 6.61 Å². The molecule has 0 aliphatic heterocycles. The van der Waals surface area contributed by atoms with E-state index >= 15 is 0 Å². The van der Waals surface area contributed by atoms with Gasteiger partial charge in [0.25, 0.3) is 0 Å². The first-order valence-electron chi connectivity index (χ1n) is 5.30. The smallest absolute Gasteiger partial charge is 0.135 e. The molecule has 78 valence electrons. The summed E-state index contributed by atoms with van der Waals surface area (Å²) in [5.41, 5.74) is 0. The Morgan fingerprint density at radius 1 is 1.31 bits per heavy atom. The van der Waals surface area contributed by atoms with Crippen LogP contribution in [0, 0.1) is 5.92 Å². The van der Waals surface area contributed by atoms with Gasteiger partial charge in [-0.15, -0.1) is 0 Å². The lowest BCUT2D eigenvalue weighted by atomic mass is 10.0. The molecule has 0 fully saturated rings. The van der Waals surface area contributed by atoms with Gasteiger partial charge < -0.3 is 4.74 Å². The molecular weight excluding hydrogens is 164 g/mol. The molecule has 0 amide bonds. The minimum Gasteiger partial charge on any atom is -0.381 e. The molecule has 0 aliphatic carbocycles. The predicted molar refractivity (Wildman–Crippen MR) is 54.8 cm³/mol. The summed E-state index contributed by atoms with van der Waals surface area (Å²) in [4.78, 5) is 11.3. The summed E-state index contributed by atoms with van der Waals surface area (Å²) in [5.74, 6) is 0.865. The SMILES string of the molecule is CCCOCCC(=O)CC(C)CC. The molecular formula is C11H22O2. The molecule has 0 rings (SSSR count). The van der Waals surface area contributed by atoms with E-state index < -0.39 is 0 Å². The van der Waals surface area contributed by atoms with Crippen LogP contribution >= 0.6 is 0 Å². The lowest BCUT2D eigenvalue weighted by molar-refractivity contribution is -0.120. The van der Waals surface area contributed by atoms with Gasteiger partial charge in [-0.1, -0.05) is 27.2 Å². The molecule has 0 aromatic carbocycles. The van der Waals surface area contributed by atoms with Crippen LogP contribution in [0.25, 0.3) is 0 Å². The quantitative estimate of drug-likeness (QED) is 0.545. The maximum atomic E-state index is 11.3. The van der Waals surface area contributed by atoms with Crippen molar-refractivity contribution < 1.29 is 9.53 Å². The van der Waals surface area contributed by atoms with Crippen LogP contribution in [-0.4, -0.2) is 19.0 Å². The van der Waals surface area contributed by atoms with Crippen molar-refractivity contribution in [2.24, 2.45) is 5.92 Å². The first-order chi connectivity index (χ1) is 6.20. The van der Waals surface area contributed by atoms with Gasteiger partial charge in [-0.25, -0.2) is 0 Å². The largest absolute Gasteiger partial charge is 0.381 e. The Kier molecular flexibility index (Phi) is 8.00. The van der Waals surface area contributed by atoms with Gasteiger partial charge in [-0.2, -0.15) is 0 Å². The molecule has 2 nitrogen and oxygen atoms in total. The second-order valence-corrected chi connectivity index (χ2v) is 3.62. The summed E-state index contributed by atoms with van der Waals surface area (Å²) < 4.78 is 5.25. The number of rotatable bonds is 8. The number of Topliss-reactive ketones (excluding diaryl/α,β-unsaturated/α-hetero) is 1. The zero-order valence-corrected chi connectivity index (χ0v) is 9.14. The molecule has 0 bridgehead atoms. The highest BCUT2D eigenvalue weighted by Gasteiger charge is 2.06. The number of ketones is 1. The van der Waals surface area contributed by atoms with E-state index in [4.69, 9.17) is 4.74 Å². The van der Waals surface area contributed by atoms with Crippen molar-refractivity contribution in [1.29, 1.82) is 0 Å². The maximum Gasteiger partial charge on any atom is 0.135 e. The maximum absolute atomic E-state index is 11.3. The summed E-state index contributed by atoms with van der Waals surface area (Å²) in [7, 11) is 0. The van der Waals surface area contributed by atoms with Crippen molar-refractivity contribution in [1.82, 2.24) is 0 Å². The third-order valence-corrected chi connectivity index (χ3v) is 2.15. The van der Waals surface area contributed by atoms with Crippen molar-refractivity contribution in [3.63, 3.8) is 0 Å². The summed E-state index contributed by atoms with van der Waals surface area (Å²) in [6, 6.07) is 0. The highest BCUT2D eigenvalue weighted by Crippen LogP contribution is 2.08. The first-order valence-corrected chi connectivity index (χ1v) is 5.30. The number of carbonyl (C=O) groups is 1. The molecule has 0 spiro atoms. The number of hydrogen-bond acceptors (Lipinski definition) is 2. The fourth-order valence-corrected chi connectivity index (χ4v) is 1.07. The number of ether oxygens (including phenoxy) is 1. The van der Waals surface area contributed by atoms with E-state index in [9.17, 15) is 4.79 Å². The zero-order valence-electron chi connectivity index (χ0n) is 9.14. The molecule has 0 heterocycles. The third-order valence-electron chi connectivity index (χ3n) is 2.15. The highest BCUT2D eigenvalue weighted by atomic mass is 16.5. The Labute approximate surface area is 81.7 Å². The molecule has 0 saturated carbocycles. The lowest BCUT2D eigenvalue weighted by Gasteiger charge is -2.06. The Morgan fingerprint density at radius 3 is 2.54 bits per heavy atom. The topological polar surface area (TPSA) is 26.3 Å². The average Bonchev–Trinajstić information content (AvgIpc) is 2.12. The van der Waals surface area contributed by atoms with E-state index in [0.717, 1.165) is 19.4 Å². The van der Waals surface area contributed by atoms with Crippen LogP contribution < -0.4 is 0 Å². The molecule has 0 saturated heterocycles.